The second-order valence-corrected chi connectivity index (χ2v) is 5.87. The van der Waals surface area contributed by atoms with E-state index in [1.165, 1.54) is 11.1 Å². The number of carbonyl (C=O) groups excluding carboxylic acids is 1. The molecule has 2 atom stereocenters. The summed E-state index contributed by atoms with van der Waals surface area (Å²) < 4.78 is 0. The molecule has 1 fully saturated rings. The molecule has 1 aliphatic rings. The van der Waals surface area contributed by atoms with Crippen LogP contribution in [-0.2, 0) is 4.79 Å². The van der Waals surface area contributed by atoms with Crippen molar-refractivity contribution < 1.29 is 15.2 Å². The van der Waals surface area contributed by atoms with Crippen molar-refractivity contribution in [2.75, 3.05) is 5.75 Å². The van der Waals surface area contributed by atoms with Gasteiger partial charge >= 0.3 is 0 Å². The maximum absolute atomic E-state index is 10.8. The molecule has 1 aromatic carbocycles. The summed E-state index contributed by atoms with van der Waals surface area (Å²) in [6, 6.07) is 8.04. The molecule has 2 N–H and O–H groups in total. The van der Waals surface area contributed by atoms with Gasteiger partial charge in [-0.25, -0.2) is 0 Å². The van der Waals surface area contributed by atoms with E-state index in [-0.39, 0.29) is 5.37 Å². The van der Waals surface area contributed by atoms with Gasteiger partial charge in [0.15, 0.2) is 5.37 Å². The van der Waals surface area contributed by atoms with Crippen LogP contribution >= 0.6 is 11.8 Å². The van der Waals surface area contributed by atoms with E-state index in [1.807, 2.05) is 5.32 Å². The molecule has 1 aliphatic heterocycles. The van der Waals surface area contributed by atoms with Crippen molar-refractivity contribution in [2.24, 2.45) is 0 Å². The Morgan fingerprint density at radius 3 is 2.53 bits per heavy atom. The predicted octanol–water partition coefficient (Wildman–Crippen LogP) is 0.237. The highest BCUT2D eigenvalue weighted by Gasteiger charge is 2.30. The highest BCUT2D eigenvalue weighted by atomic mass is 32.2. The molecule has 2 rings (SSSR count). The molecule has 0 radical (unpaired) electrons. The van der Waals surface area contributed by atoms with Crippen molar-refractivity contribution >= 4 is 17.7 Å². The van der Waals surface area contributed by atoms with Crippen LogP contribution in [0.1, 0.15) is 36.3 Å². The molecular weight excluding hydrogens is 234 g/mol. The summed E-state index contributed by atoms with van der Waals surface area (Å²) in [6.07, 6.45) is 0. The summed E-state index contributed by atoms with van der Waals surface area (Å²) in [6.45, 7) is 4.33. The van der Waals surface area contributed by atoms with Gasteiger partial charge in [0.25, 0.3) is 0 Å². The molecule has 1 saturated heterocycles. The van der Waals surface area contributed by atoms with Crippen molar-refractivity contribution in [2.45, 2.75) is 31.2 Å². The normalized spacial score (nSPS) is 24.2. The van der Waals surface area contributed by atoms with Crippen LogP contribution in [0.2, 0.25) is 0 Å². The average Bonchev–Trinajstić information content (AvgIpc) is 2.78. The number of hydrogen-bond acceptors (Lipinski definition) is 3. The lowest BCUT2D eigenvalue weighted by atomic mass is 10.0. The standard InChI is InChI=1S/C13H17NO2S/c1-8(2)9-3-5-10(6-4-9)12-14-11(7-17-12)13(15)16/h3-6,8,11-12,14H,7H2,1-2H3,(H,15,16)/t11-,12-/m0/s1. The molecule has 3 nitrogen and oxygen atoms in total. The third kappa shape index (κ3) is 2.82. The van der Waals surface area contributed by atoms with Crippen LogP contribution in [0.5, 0.6) is 0 Å². The first-order chi connectivity index (χ1) is 8.08. The van der Waals surface area contributed by atoms with Gasteiger partial charge in [0.1, 0.15) is 12.0 Å². The smallest absolute Gasteiger partial charge is 0.159 e. The largest absolute Gasteiger partial charge is 0.544 e. The minimum Gasteiger partial charge on any atom is -0.544 e. The van der Waals surface area contributed by atoms with Crippen molar-refractivity contribution in [1.29, 1.82) is 0 Å². The lowest BCUT2D eigenvalue weighted by Crippen LogP contribution is -2.90. The first-order valence-electron chi connectivity index (χ1n) is 5.85. The van der Waals surface area contributed by atoms with Crippen molar-refractivity contribution in [1.82, 2.24) is 0 Å². The highest BCUT2D eigenvalue weighted by molar-refractivity contribution is 7.99. The zero-order valence-electron chi connectivity index (χ0n) is 10.1. The lowest BCUT2D eigenvalue weighted by molar-refractivity contribution is -0.690. The van der Waals surface area contributed by atoms with Gasteiger partial charge in [0.05, 0.1) is 5.75 Å². The van der Waals surface area contributed by atoms with Gasteiger partial charge in [-0.15, -0.1) is 0 Å². The number of carboxylic acid groups (broad SMARTS) is 1. The summed E-state index contributed by atoms with van der Waals surface area (Å²) in [5.41, 5.74) is 2.50. The van der Waals surface area contributed by atoms with Gasteiger partial charge < -0.3 is 15.2 Å². The maximum Gasteiger partial charge on any atom is 0.159 e. The Bertz CT molecular complexity index is 402. The second-order valence-electron chi connectivity index (χ2n) is 4.69. The number of nitrogens with two attached hydrogens (primary N) is 1. The maximum atomic E-state index is 10.8. The van der Waals surface area contributed by atoms with Gasteiger partial charge in [0, 0.05) is 5.56 Å². The fourth-order valence-electron chi connectivity index (χ4n) is 1.95. The molecule has 0 amide bonds. The van der Waals surface area contributed by atoms with Crippen molar-refractivity contribution in [3.63, 3.8) is 0 Å². The predicted molar refractivity (Wildman–Crippen MR) is 66.5 cm³/mol. The highest BCUT2D eigenvalue weighted by Crippen LogP contribution is 2.27. The molecule has 0 saturated carbocycles. The number of carbonyl (C=O) groups is 1. The zero-order chi connectivity index (χ0) is 12.4. The van der Waals surface area contributed by atoms with Crippen LogP contribution < -0.4 is 10.4 Å². The van der Waals surface area contributed by atoms with Gasteiger partial charge in [-0.05, 0) is 11.5 Å². The zero-order valence-corrected chi connectivity index (χ0v) is 10.9. The quantitative estimate of drug-likeness (QED) is 0.837. The van der Waals surface area contributed by atoms with E-state index in [0.29, 0.717) is 11.7 Å². The summed E-state index contributed by atoms with van der Waals surface area (Å²) in [5.74, 6) is 0.192. The summed E-state index contributed by atoms with van der Waals surface area (Å²) in [4.78, 5) is 10.8. The number of aliphatic carboxylic acids is 1. The number of carboxylic acids is 1. The van der Waals surface area contributed by atoms with Gasteiger partial charge in [0.2, 0.25) is 0 Å². The fraction of sp³-hybridized carbons (Fsp3) is 0.462. The molecule has 0 unspecified atom stereocenters. The molecule has 92 valence electrons. The first-order valence-corrected chi connectivity index (χ1v) is 6.90. The van der Waals surface area contributed by atoms with E-state index in [2.05, 4.69) is 38.1 Å². The molecular formula is C13H17NO2S. The van der Waals surface area contributed by atoms with E-state index in [9.17, 15) is 9.90 Å². The van der Waals surface area contributed by atoms with Gasteiger partial charge in [-0.2, -0.15) is 0 Å². The lowest BCUT2D eigenvalue weighted by Gasteiger charge is -2.12. The number of benzene rings is 1. The third-order valence-electron chi connectivity index (χ3n) is 3.10. The Balaban J connectivity index is 2.06. The van der Waals surface area contributed by atoms with E-state index < -0.39 is 12.0 Å². The minimum atomic E-state index is -0.959. The third-order valence-corrected chi connectivity index (χ3v) is 4.44. The first kappa shape index (κ1) is 12.5. The molecule has 1 heterocycles. The van der Waals surface area contributed by atoms with Crippen LogP contribution in [-0.4, -0.2) is 17.8 Å². The summed E-state index contributed by atoms with van der Waals surface area (Å²) >= 11 is 1.67. The second kappa shape index (κ2) is 5.10. The average molecular weight is 251 g/mol. The van der Waals surface area contributed by atoms with Crippen LogP contribution in [0.3, 0.4) is 0 Å². The van der Waals surface area contributed by atoms with E-state index in [4.69, 9.17) is 0 Å². The van der Waals surface area contributed by atoms with Crippen LogP contribution in [0.15, 0.2) is 24.3 Å². The SMILES string of the molecule is CC(C)c1ccc([C@H]2[NH2+][C@H](C(=O)[O-])CS2)cc1. The molecule has 0 aliphatic carbocycles. The number of rotatable bonds is 3. The minimum absolute atomic E-state index is 0.194. The van der Waals surface area contributed by atoms with E-state index in [0.717, 1.165) is 0 Å². The molecule has 17 heavy (non-hydrogen) atoms. The van der Waals surface area contributed by atoms with Crippen LogP contribution in [0, 0.1) is 0 Å². The van der Waals surface area contributed by atoms with Gasteiger partial charge in [-0.1, -0.05) is 49.9 Å². The summed E-state index contributed by atoms with van der Waals surface area (Å²) in [7, 11) is 0. The Labute approximate surface area is 106 Å². The molecule has 4 heteroatoms. The molecule has 0 bridgehead atoms. The van der Waals surface area contributed by atoms with Crippen molar-refractivity contribution in [3.05, 3.63) is 35.4 Å². The van der Waals surface area contributed by atoms with Gasteiger partial charge in [-0.3, -0.25) is 0 Å². The van der Waals surface area contributed by atoms with E-state index >= 15 is 0 Å². The van der Waals surface area contributed by atoms with Crippen molar-refractivity contribution in [3.8, 4) is 0 Å². The monoisotopic (exact) mass is 251 g/mol. The van der Waals surface area contributed by atoms with E-state index in [1.54, 1.807) is 11.8 Å². The Kier molecular flexibility index (Phi) is 3.74. The Hall–Kier alpha value is -1.00. The summed E-state index contributed by atoms with van der Waals surface area (Å²) in [5, 5.41) is 12.8. The topological polar surface area (TPSA) is 56.7 Å². The number of thioether (sulfide) groups is 1. The Morgan fingerprint density at radius 2 is 2.06 bits per heavy atom. The molecule has 0 aromatic heterocycles. The molecule has 0 spiro atoms. The fourth-order valence-corrected chi connectivity index (χ4v) is 3.27. The number of quaternary nitrogens is 1. The number of hydrogen-bond donors (Lipinski definition) is 1. The Morgan fingerprint density at radius 1 is 1.41 bits per heavy atom. The van der Waals surface area contributed by atoms with Crippen LogP contribution in [0.25, 0.3) is 0 Å². The van der Waals surface area contributed by atoms with Crippen LogP contribution in [0.4, 0.5) is 0 Å². The molecule has 1 aromatic rings.